The van der Waals surface area contributed by atoms with Crippen LogP contribution in [0.15, 0.2) is 0 Å². The van der Waals surface area contributed by atoms with Gasteiger partial charge in [0.05, 0.1) is 6.61 Å². The minimum absolute atomic E-state index is 0.420. The number of methoxy groups -OCH3 is 1. The van der Waals surface area contributed by atoms with Gasteiger partial charge in [-0.3, -0.25) is 4.90 Å². The summed E-state index contributed by atoms with van der Waals surface area (Å²) >= 11 is 0. The summed E-state index contributed by atoms with van der Waals surface area (Å²) in [7, 11) is 1.75. The molecule has 0 aromatic heterocycles. The highest BCUT2D eigenvalue weighted by Crippen LogP contribution is 2.24. The number of hydrogen-bond acceptors (Lipinski definition) is 3. The fraction of sp³-hybridized carbons (Fsp3) is 1.00. The Morgan fingerprint density at radius 2 is 2.21 bits per heavy atom. The van der Waals surface area contributed by atoms with Crippen molar-refractivity contribution in [1.82, 2.24) is 4.90 Å². The topological polar surface area (TPSA) is 38.5 Å². The molecule has 1 heterocycles. The highest BCUT2D eigenvalue weighted by Gasteiger charge is 2.28. The summed E-state index contributed by atoms with van der Waals surface area (Å²) in [6.45, 7) is 8.47. The van der Waals surface area contributed by atoms with Gasteiger partial charge in [0.2, 0.25) is 0 Å². The summed E-state index contributed by atoms with van der Waals surface area (Å²) in [4.78, 5) is 2.48. The van der Waals surface area contributed by atoms with Crippen molar-refractivity contribution in [2.24, 2.45) is 17.6 Å². The molecule has 2 N–H and O–H groups in total. The molecule has 0 radical (unpaired) electrons. The van der Waals surface area contributed by atoms with Gasteiger partial charge in [-0.05, 0) is 24.8 Å². The molecule has 1 fully saturated rings. The predicted molar refractivity (Wildman–Crippen MR) is 59.2 cm³/mol. The third-order valence-electron chi connectivity index (χ3n) is 3.35. The van der Waals surface area contributed by atoms with Crippen LogP contribution in [0, 0.1) is 11.8 Å². The maximum atomic E-state index is 5.74. The lowest BCUT2D eigenvalue weighted by atomic mass is 9.95. The Labute approximate surface area is 87.6 Å². The van der Waals surface area contributed by atoms with Crippen LogP contribution in [0.2, 0.25) is 0 Å². The van der Waals surface area contributed by atoms with Crippen LogP contribution in [-0.2, 0) is 4.74 Å². The number of likely N-dealkylation sites (tertiary alicyclic amines) is 1. The van der Waals surface area contributed by atoms with E-state index in [1.807, 2.05) is 0 Å². The third kappa shape index (κ3) is 2.94. The standard InChI is InChI=1S/C11H24N2O/c1-9(2)10-4-5-13(7-10)11(6-12)8-14-3/h9-11H,4-8,12H2,1-3H3. The lowest BCUT2D eigenvalue weighted by molar-refractivity contribution is 0.105. The Balaban J connectivity index is 2.39. The summed E-state index contributed by atoms with van der Waals surface area (Å²) < 4.78 is 5.18. The molecule has 84 valence electrons. The minimum atomic E-state index is 0.420. The molecule has 0 spiro atoms. The molecule has 1 saturated heterocycles. The molecule has 0 aromatic carbocycles. The van der Waals surface area contributed by atoms with E-state index in [1.54, 1.807) is 7.11 Å². The Bertz CT molecular complexity index is 161. The summed E-state index contributed by atoms with van der Waals surface area (Å²) in [5, 5.41) is 0. The van der Waals surface area contributed by atoms with Gasteiger partial charge in [-0.25, -0.2) is 0 Å². The molecule has 3 heteroatoms. The van der Waals surface area contributed by atoms with Gasteiger partial charge in [0.1, 0.15) is 0 Å². The summed E-state index contributed by atoms with van der Waals surface area (Å²) in [6.07, 6.45) is 1.32. The molecule has 14 heavy (non-hydrogen) atoms. The van der Waals surface area contributed by atoms with E-state index in [9.17, 15) is 0 Å². The average molecular weight is 200 g/mol. The lowest BCUT2D eigenvalue weighted by Gasteiger charge is -2.26. The van der Waals surface area contributed by atoms with E-state index >= 15 is 0 Å². The first kappa shape index (κ1) is 12.0. The molecule has 1 aliphatic rings. The molecule has 1 aliphatic heterocycles. The number of nitrogens with two attached hydrogens (primary N) is 1. The SMILES string of the molecule is COCC(CN)N1CCC(C(C)C)C1. The second kappa shape index (κ2) is 5.69. The minimum Gasteiger partial charge on any atom is -0.383 e. The second-order valence-corrected chi connectivity index (χ2v) is 4.63. The van der Waals surface area contributed by atoms with Crippen LogP contribution >= 0.6 is 0 Å². The van der Waals surface area contributed by atoms with Gasteiger partial charge in [-0.1, -0.05) is 13.8 Å². The zero-order chi connectivity index (χ0) is 10.6. The quantitative estimate of drug-likeness (QED) is 0.718. The predicted octanol–water partition coefficient (Wildman–Crippen LogP) is 0.938. The van der Waals surface area contributed by atoms with Crippen LogP contribution in [-0.4, -0.2) is 44.3 Å². The molecule has 2 unspecified atom stereocenters. The number of nitrogens with zero attached hydrogens (tertiary/aromatic N) is 1. The Hall–Kier alpha value is -0.120. The van der Waals surface area contributed by atoms with Gasteiger partial charge in [-0.15, -0.1) is 0 Å². The molecular formula is C11H24N2O. The maximum Gasteiger partial charge on any atom is 0.0630 e. The Morgan fingerprint density at radius 3 is 2.64 bits per heavy atom. The molecule has 0 aliphatic carbocycles. The van der Waals surface area contributed by atoms with Crippen molar-refractivity contribution in [2.75, 3.05) is 33.4 Å². The first-order chi connectivity index (χ1) is 6.69. The smallest absolute Gasteiger partial charge is 0.0630 e. The van der Waals surface area contributed by atoms with Gasteiger partial charge in [0.25, 0.3) is 0 Å². The Kier molecular flexibility index (Phi) is 4.85. The lowest BCUT2D eigenvalue weighted by Crippen LogP contribution is -2.42. The first-order valence-electron chi connectivity index (χ1n) is 5.62. The van der Waals surface area contributed by atoms with E-state index in [-0.39, 0.29) is 0 Å². The molecule has 1 rings (SSSR count). The highest BCUT2D eigenvalue weighted by atomic mass is 16.5. The summed E-state index contributed by atoms with van der Waals surface area (Å²) in [6, 6.07) is 0.420. The van der Waals surface area contributed by atoms with Crippen molar-refractivity contribution in [1.29, 1.82) is 0 Å². The largest absolute Gasteiger partial charge is 0.383 e. The average Bonchev–Trinajstić information content (AvgIpc) is 2.63. The van der Waals surface area contributed by atoms with Gasteiger partial charge in [-0.2, -0.15) is 0 Å². The van der Waals surface area contributed by atoms with Crippen LogP contribution in [0.25, 0.3) is 0 Å². The molecule has 2 atom stereocenters. The van der Waals surface area contributed by atoms with Gasteiger partial charge in [0, 0.05) is 26.2 Å². The fourth-order valence-electron chi connectivity index (χ4n) is 2.21. The van der Waals surface area contributed by atoms with Crippen molar-refractivity contribution in [3.05, 3.63) is 0 Å². The first-order valence-corrected chi connectivity index (χ1v) is 5.62. The van der Waals surface area contributed by atoms with Crippen molar-refractivity contribution >= 4 is 0 Å². The van der Waals surface area contributed by atoms with E-state index in [2.05, 4.69) is 18.7 Å². The van der Waals surface area contributed by atoms with Crippen molar-refractivity contribution in [3.63, 3.8) is 0 Å². The van der Waals surface area contributed by atoms with E-state index in [0.29, 0.717) is 12.6 Å². The maximum absolute atomic E-state index is 5.74. The second-order valence-electron chi connectivity index (χ2n) is 4.63. The van der Waals surface area contributed by atoms with Gasteiger partial charge in [0.15, 0.2) is 0 Å². The normalized spacial score (nSPS) is 25.9. The van der Waals surface area contributed by atoms with E-state index in [0.717, 1.165) is 18.4 Å². The molecule has 0 amide bonds. The Morgan fingerprint density at radius 1 is 1.50 bits per heavy atom. The number of hydrogen-bond donors (Lipinski definition) is 1. The molecule has 0 aromatic rings. The molecule has 0 saturated carbocycles. The number of ether oxygens (including phenoxy) is 1. The van der Waals surface area contributed by atoms with Crippen LogP contribution in [0.4, 0.5) is 0 Å². The molecule has 3 nitrogen and oxygen atoms in total. The third-order valence-corrected chi connectivity index (χ3v) is 3.35. The van der Waals surface area contributed by atoms with E-state index in [4.69, 9.17) is 10.5 Å². The van der Waals surface area contributed by atoms with Gasteiger partial charge >= 0.3 is 0 Å². The van der Waals surface area contributed by atoms with Crippen molar-refractivity contribution in [3.8, 4) is 0 Å². The molecular weight excluding hydrogens is 176 g/mol. The fourth-order valence-corrected chi connectivity index (χ4v) is 2.21. The van der Waals surface area contributed by atoms with Crippen molar-refractivity contribution in [2.45, 2.75) is 26.3 Å². The van der Waals surface area contributed by atoms with Crippen LogP contribution in [0.3, 0.4) is 0 Å². The van der Waals surface area contributed by atoms with Crippen LogP contribution in [0.5, 0.6) is 0 Å². The molecule has 0 bridgehead atoms. The zero-order valence-electron chi connectivity index (χ0n) is 9.70. The van der Waals surface area contributed by atoms with E-state index < -0.39 is 0 Å². The zero-order valence-corrected chi connectivity index (χ0v) is 9.70. The van der Waals surface area contributed by atoms with Crippen LogP contribution < -0.4 is 5.73 Å². The van der Waals surface area contributed by atoms with Gasteiger partial charge < -0.3 is 10.5 Å². The number of rotatable bonds is 5. The van der Waals surface area contributed by atoms with Crippen LogP contribution in [0.1, 0.15) is 20.3 Å². The summed E-state index contributed by atoms with van der Waals surface area (Å²) in [5.74, 6) is 1.64. The monoisotopic (exact) mass is 200 g/mol. The van der Waals surface area contributed by atoms with E-state index in [1.165, 1.54) is 19.5 Å². The highest BCUT2D eigenvalue weighted by molar-refractivity contribution is 4.83. The van der Waals surface area contributed by atoms with Crippen molar-refractivity contribution < 1.29 is 4.74 Å². The summed E-state index contributed by atoms with van der Waals surface area (Å²) in [5.41, 5.74) is 5.74.